The molecule has 0 saturated carbocycles. The number of ether oxygens (including phenoxy) is 1. The third kappa shape index (κ3) is 2.84. The first-order valence-corrected chi connectivity index (χ1v) is 7.52. The van der Waals surface area contributed by atoms with Gasteiger partial charge in [-0.05, 0) is 38.5 Å². The molecular formula is C16H21N3O3. The summed E-state index contributed by atoms with van der Waals surface area (Å²) in [4.78, 5) is 18.0. The second-order valence-corrected chi connectivity index (χ2v) is 6.10. The molecule has 1 saturated heterocycles. The zero-order chi connectivity index (χ0) is 15.9. The summed E-state index contributed by atoms with van der Waals surface area (Å²) in [7, 11) is 0. The molecule has 118 valence electrons. The van der Waals surface area contributed by atoms with E-state index in [1.54, 1.807) is 0 Å². The van der Waals surface area contributed by atoms with Crippen LogP contribution in [0.2, 0.25) is 0 Å². The fourth-order valence-electron chi connectivity index (χ4n) is 3.14. The van der Waals surface area contributed by atoms with Gasteiger partial charge in [-0.3, -0.25) is 4.90 Å². The molecule has 1 aliphatic heterocycles. The van der Waals surface area contributed by atoms with Crippen molar-refractivity contribution >= 4 is 11.6 Å². The number of carboxylic acids is 1. The molecule has 1 N–H and O–H groups in total. The van der Waals surface area contributed by atoms with Crippen LogP contribution in [0.1, 0.15) is 35.6 Å². The molecule has 1 aliphatic rings. The Morgan fingerprint density at radius 2 is 2.09 bits per heavy atom. The molecule has 2 unspecified atom stereocenters. The number of aryl methyl sites for hydroxylation is 1. The zero-order valence-corrected chi connectivity index (χ0v) is 13.1. The summed E-state index contributed by atoms with van der Waals surface area (Å²) >= 11 is 0. The quantitative estimate of drug-likeness (QED) is 0.938. The van der Waals surface area contributed by atoms with Gasteiger partial charge in [-0.1, -0.05) is 0 Å². The highest BCUT2D eigenvalue weighted by Gasteiger charge is 2.26. The molecule has 0 radical (unpaired) electrons. The number of aromatic nitrogens is 2. The van der Waals surface area contributed by atoms with Crippen LogP contribution in [0.15, 0.2) is 18.3 Å². The standard InChI is InChI=1S/C16H21N3O3/c1-10-4-5-19-13(15(16(20)21)17-14(19)6-10)9-18-7-11(2)22-12(3)8-18/h4-6,11-12H,7-9H2,1-3H3,(H,20,21). The number of pyridine rings is 1. The summed E-state index contributed by atoms with van der Waals surface area (Å²) in [6.45, 7) is 8.20. The number of fused-ring (bicyclic) bond motifs is 1. The van der Waals surface area contributed by atoms with E-state index in [1.165, 1.54) is 0 Å². The summed E-state index contributed by atoms with van der Waals surface area (Å²) in [5.41, 5.74) is 2.61. The van der Waals surface area contributed by atoms with Crippen LogP contribution < -0.4 is 0 Å². The van der Waals surface area contributed by atoms with Gasteiger partial charge < -0.3 is 14.2 Å². The topological polar surface area (TPSA) is 67.1 Å². The Morgan fingerprint density at radius 3 is 2.73 bits per heavy atom. The third-order valence-electron chi connectivity index (χ3n) is 3.95. The van der Waals surface area contributed by atoms with E-state index in [9.17, 15) is 9.90 Å². The van der Waals surface area contributed by atoms with Crippen molar-refractivity contribution in [1.29, 1.82) is 0 Å². The van der Waals surface area contributed by atoms with E-state index >= 15 is 0 Å². The highest BCUT2D eigenvalue weighted by atomic mass is 16.5. The summed E-state index contributed by atoms with van der Waals surface area (Å²) in [5, 5.41) is 9.45. The van der Waals surface area contributed by atoms with Crippen molar-refractivity contribution < 1.29 is 14.6 Å². The van der Waals surface area contributed by atoms with Crippen molar-refractivity contribution in [2.45, 2.75) is 39.5 Å². The highest BCUT2D eigenvalue weighted by Crippen LogP contribution is 2.19. The van der Waals surface area contributed by atoms with Crippen LogP contribution in [0, 0.1) is 6.92 Å². The average molecular weight is 303 g/mol. The van der Waals surface area contributed by atoms with Gasteiger partial charge in [-0.2, -0.15) is 0 Å². The van der Waals surface area contributed by atoms with E-state index in [0.717, 1.165) is 24.3 Å². The van der Waals surface area contributed by atoms with Crippen molar-refractivity contribution in [2.24, 2.45) is 0 Å². The molecule has 22 heavy (non-hydrogen) atoms. The molecule has 0 aliphatic carbocycles. The summed E-state index contributed by atoms with van der Waals surface area (Å²) < 4.78 is 7.61. The lowest BCUT2D eigenvalue weighted by atomic mass is 10.2. The van der Waals surface area contributed by atoms with Crippen molar-refractivity contribution in [1.82, 2.24) is 14.3 Å². The Morgan fingerprint density at radius 1 is 1.41 bits per heavy atom. The Kier molecular flexibility index (Phi) is 3.88. The fourth-order valence-corrected chi connectivity index (χ4v) is 3.14. The van der Waals surface area contributed by atoms with Gasteiger partial charge in [0.05, 0.1) is 17.9 Å². The number of morpholine rings is 1. The lowest BCUT2D eigenvalue weighted by molar-refractivity contribution is -0.0708. The molecule has 3 rings (SSSR count). The first-order valence-electron chi connectivity index (χ1n) is 7.52. The van der Waals surface area contributed by atoms with Gasteiger partial charge in [0.1, 0.15) is 5.65 Å². The van der Waals surface area contributed by atoms with Crippen molar-refractivity contribution in [2.75, 3.05) is 13.1 Å². The second kappa shape index (κ2) is 5.70. The minimum absolute atomic E-state index is 0.136. The molecule has 0 bridgehead atoms. The maximum Gasteiger partial charge on any atom is 0.356 e. The predicted molar refractivity (Wildman–Crippen MR) is 82.2 cm³/mol. The molecule has 2 aromatic rings. The van der Waals surface area contributed by atoms with Crippen LogP contribution in [0.5, 0.6) is 0 Å². The summed E-state index contributed by atoms with van der Waals surface area (Å²) in [5.74, 6) is -0.981. The van der Waals surface area contributed by atoms with Gasteiger partial charge in [0.2, 0.25) is 0 Å². The Labute approximate surface area is 129 Å². The molecule has 3 heterocycles. The molecule has 6 heteroatoms. The Hall–Kier alpha value is -1.92. The minimum Gasteiger partial charge on any atom is -0.476 e. The van der Waals surface area contributed by atoms with Crippen LogP contribution in [-0.2, 0) is 11.3 Å². The first kappa shape index (κ1) is 15.0. The van der Waals surface area contributed by atoms with Gasteiger partial charge in [-0.15, -0.1) is 0 Å². The first-order chi connectivity index (χ1) is 10.4. The fraction of sp³-hybridized carbons (Fsp3) is 0.500. The average Bonchev–Trinajstić information content (AvgIpc) is 2.75. The largest absolute Gasteiger partial charge is 0.476 e. The van der Waals surface area contributed by atoms with Crippen LogP contribution in [0.3, 0.4) is 0 Å². The molecule has 1 fully saturated rings. The lowest BCUT2D eigenvalue weighted by Gasteiger charge is -2.35. The molecule has 0 aromatic carbocycles. The maximum absolute atomic E-state index is 11.5. The number of hydrogen-bond donors (Lipinski definition) is 1. The molecular weight excluding hydrogens is 282 g/mol. The monoisotopic (exact) mass is 303 g/mol. The number of carboxylic acid groups (broad SMARTS) is 1. The predicted octanol–water partition coefficient (Wildman–Crippen LogP) is 1.95. The molecule has 2 aromatic heterocycles. The minimum atomic E-state index is -0.981. The van der Waals surface area contributed by atoms with E-state index in [-0.39, 0.29) is 17.9 Å². The van der Waals surface area contributed by atoms with Crippen LogP contribution in [0.25, 0.3) is 5.65 Å². The summed E-state index contributed by atoms with van der Waals surface area (Å²) in [6.07, 6.45) is 2.20. The second-order valence-electron chi connectivity index (χ2n) is 6.10. The van der Waals surface area contributed by atoms with Crippen LogP contribution >= 0.6 is 0 Å². The number of imidazole rings is 1. The smallest absolute Gasteiger partial charge is 0.356 e. The van der Waals surface area contributed by atoms with Crippen molar-refractivity contribution in [3.8, 4) is 0 Å². The highest BCUT2D eigenvalue weighted by molar-refractivity contribution is 5.88. The molecule has 0 spiro atoms. The Bertz CT molecular complexity index is 700. The number of aromatic carboxylic acids is 1. The van der Waals surface area contributed by atoms with Gasteiger partial charge in [0.25, 0.3) is 0 Å². The van der Waals surface area contributed by atoms with Gasteiger partial charge in [-0.25, -0.2) is 9.78 Å². The van der Waals surface area contributed by atoms with E-state index in [1.807, 2.05) is 43.5 Å². The lowest BCUT2D eigenvalue weighted by Crippen LogP contribution is -2.45. The Balaban J connectivity index is 1.98. The number of carbonyl (C=O) groups is 1. The van der Waals surface area contributed by atoms with Gasteiger partial charge in [0.15, 0.2) is 5.69 Å². The number of rotatable bonds is 3. The number of hydrogen-bond acceptors (Lipinski definition) is 4. The summed E-state index contributed by atoms with van der Waals surface area (Å²) in [6, 6.07) is 3.87. The zero-order valence-electron chi connectivity index (χ0n) is 13.1. The van der Waals surface area contributed by atoms with Crippen LogP contribution in [0.4, 0.5) is 0 Å². The van der Waals surface area contributed by atoms with Crippen LogP contribution in [-0.4, -0.2) is 50.7 Å². The van der Waals surface area contributed by atoms with E-state index in [4.69, 9.17) is 4.74 Å². The molecule has 2 atom stereocenters. The van der Waals surface area contributed by atoms with E-state index in [2.05, 4.69) is 9.88 Å². The number of nitrogens with zero attached hydrogens (tertiary/aromatic N) is 3. The normalized spacial score (nSPS) is 23.0. The SMILES string of the molecule is Cc1ccn2c(CN3CC(C)OC(C)C3)c(C(=O)O)nc2c1. The van der Waals surface area contributed by atoms with E-state index in [0.29, 0.717) is 12.2 Å². The third-order valence-corrected chi connectivity index (χ3v) is 3.95. The van der Waals surface area contributed by atoms with Crippen molar-refractivity contribution in [3.05, 3.63) is 35.3 Å². The van der Waals surface area contributed by atoms with Gasteiger partial charge >= 0.3 is 5.97 Å². The molecule has 0 amide bonds. The maximum atomic E-state index is 11.5. The van der Waals surface area contributed by atoms with Crippen molar-refractivity contribution in [3.63, 3.8) is 0 Å². The molecule has 6 nitrogen and oxygen atoms in total. The van der Waals surface area contributed by atoms with E-state index < -0.39 is 5.97 Å². The van der Waals surface area contributed by atoms with Gasteiger partial charge in [0, 0.05) is 25.8 Å².